The second kappa shape index (κ2) is 19.5. The number of Topliss-reactive ketones (excluding diaryl/α,β-unsaturated/α-hetero) is 1. The molecule has 0 aliphatic carbocycles. The molecular formula is C25H42F2N4O8. The van der Waals surface area contributed by atoms with Crippen LogP contribution in [-0.4, -0.2) is 106 Å². The maximum atomic E-state index is 12.3. The molecular weight excluding hydrogens is 522 g/mol. The van der Waals surface area contributed by atoms with E-state index in [4.69, 9.17) is 23.7 Å². The van der Waals surface area contributed by atoms with E-state index in [9.17, 15) is 23.2 Å². The summed E-state index contributed by atoms with van der Waals surface area (Å²) in [4.78, 5) is 35.5. The molecule has 39 heavy (non-hydrogen) atoms. The molecule has 0 bridgehead atoms. The number of nitrogens with one attached hydrogen (secondary N) is 1. The Hall–Kier alpha value is -2.55. The zero-order valence-corrected chi connectivity index (χ0v) is 23.3. The number of aryl methyl sites for hydroxylation is 1. The number of carbonyl (C=O) groups is 3. The molecule has 12 nitrogen and oxygen atoms in total. The topological polar surface area (TPSA) is 140 Å². The zero-order chi connectivity index (χ0) is 29.1. The fourth-order valence-electron chi connectivity index (χ4n) is 3.40. The van der Waals surface area contributed by atoms with E-state index in [-0.39, 0.29) is 37.2 Å². The number of amides is 1. The van der Waals surface area contributed by atoms with Gasteiger partial charge in [-0.25, -0.2) is 13.5 Å². The zero-order valence-electron chi connectivity index (χ0n) is 23.3. The lowest BCUT2D eigenvalue weighted by Gasteiger charge is -2.25. The molecule has 1 heterocycles. The maximum absolute atomic E-state index is 12.3. The van der Waals surface area contributed by atoms with Gasteiger partial charge in [-0.05, 0) is 20.3 Å². The van der Waals surface area contributed by atoms with Gasteiger partial charge in [-0.2, -0.15) is 0 Å². The molecule has 0 radical (unpaired) electrons. The van der Waals surface area contributed by atoms with Crippen molar-refractivity contribution in [1.29, 1.82) is 0 Å². The number of nitrogens with zero attached hydrogens (tertiary/aromatic N) is 3. The second-order valence-electron chi connectivity index (χ2n) is 9.49. The minimum absolute atomic E-state index is 0.123. The van der Waals surface area contributed by atoms with E-state index in [2.05, 4.69) is 15.6 Å². The molecule has 0 spiro atoms. The first kappa shape index (κ1) is 34.5. The van der Waals surface area contributed by atoms with Crippen LogP contribution < -0.4 is 5.32 Å². The van der Waals surface area contributed by atoms with Gasteiger partial charge in [-0.15, -0.1) is 5.10 Å². The van der Waals surface area contributed by atoms with Gasteiger partial charge in [0.1, 0.15) is 6.61 Å². The normalized spacial score (nSPS) is 12.5. The molecule has 1 unspecified atom stereocenters. The van der Waals surface area contributed by atoms with Crippen LogP contribution >= 0.6 is 0 Å². The van der Waals surface area contributed by atoms with Gasteiger partial charge in [0.05, 0.1) is 63.9 Å². The number of carbonyl (C=O) groups excluding carboxylic acids is 3. The van der Waals surface area contributed by atoms with Crippen molar-refractivity contribution >= 4 is 17.7 Å². The fraction of sp³-hybridized carbons (Fsp3) is 0.800. The van der Waals surface area contributed by atoms with E-state index in [0.717, 1.165) is 0 Å². The Balaban J connectivity index is 2.00. The van der Waals surface area contributed by atoms with Crippen molar-refractivity contribution in [1.82, 2.24) is 20.3 Å². The molecule has 0 aliphatic rings. The first-order valence-electron chi connectivity index (χ1n) is 12.9. The average molecular weight is 565 g/mol. The maximum Gasteiger partial charge on any atom is 0.311 e. The van der Waals surface area contributed by atoms with Crippen molar-refractivity contribution in [2.45, 2.75) is 53.0 Å². The number of ether oxygens (including phenoxy) is 5. The predicted molar refractivity (Wildman–Crippen MR) is 135 cm³/mol. The number of halogens is 2. The van der Waals surface area contributed by atoms with Crippen LogP contribution in [0, 0.1) is 11.3 Å². The summed E-state index contributed by atoms with van der Waals surface area (Å²) >= 11 is 0. The third-order valence-corrected chi connectivity index (χ3v) is 5.55. The first-order valence-corrected chi connectivity index (χ1v) is 12.9. The van der Waals surface area contributed by atoms with Crippen molar-refractivity contribution in [2.75, 3.05) is 66.5 Å². The Morgan fingerprint density at radius 2 is 1.64 bits per heavy atom. The van der Waals surface area contributed by atoms with Crippen molar-refractivity contribution in [2.24, 2.45) is 11.3 Å². The monoisotopic (exact) mass is 564 g/mol. The largest absolute Gasteiger partial charge is 0.463 e. The summed E-state index contributed by atoms with van der Waals surface area (Å²) in [6, 6.07) is 0. The number of ketones is 1. The molecule has 1 amide bonds. The Morgan fingerprint density at radius 3 is 2.28 bits per heavy atom. The Kier molecular flexibility index (Phi) is 17.2. The van der Waals surface area contributed by atoms with E-state index >= 15 is 0 Å². The molecule has 1 aromatic rings. The first-order chi connectivity index (χ1) is 18.6. The number of rotatable bonds is 23. The van der Waals surface area contributed by atoms with Gasteiger partial charge in [0.15, 0.2) is 5.78 Å². The summed E-state index contributed by atoms with van der Waals surface area (Å²) < 4.78 is 52.3. The highest BCUT2D eigenvalue weighted by atomic mass is 19.3. The molecule has 14 heteroatoms. The van der Waals surface area contributed by atoms with Crippen LogP contribution in [0.15, 0.2) is 6.20 Å². The molecule has 0 fully saturated rings. The van der Waals surface area contributed by atoms with Gasteiger partial charge in [0.2, 0.25) is 5.91 Å². The molecule has 1 rings (SSSR count). The third-order valence-electron chi connectivity index (χ3n) is 5.55. The van der Waals surface area contributed by atoms with Gasteiger partial charge >= 0.3 is 5.97 Å². The SMILES string of the molecule is COCCOC(=O)C(C)(C)CC(C)C(=O)NCCOCCOCCOCCn1cc(CCC(=O)C(F)F)nn1. The number of aromatic nitrogens is 3. The molecule has 0 saturated carbocycles. The summed E-state index contributed by atoms with van der Waals surface area (Å²) in [5.41, 5.74) is -0.314. The highest BCUT2D eigenvalue weighted by Crippen LogP contribution is 2.27. The third kappa shape index (κ3) is 15.6. The number of hydrogen-bond donors (Lipinski definition) is 1. The fourth-order valence-corrected chi connectivity index (χ4v) is 3.40. The van der Waals surface area contributed by atoms with E-state index in [1.165, 1.54) is 11.8 Å². The van der Waals surface area contributed by atoms with E-state index in [0.29, 0.717) is 71.5 Å². The summed E-state index contributed by atoms with van der Waals surface area (Å²) in [5.74, 6) is -1.99. The Morgan fingerprint density at radius 1 is 1.00 bits per heavy atom. The van der Waals surface area contributed by atoms with Gasteiger partial charge in [-0.1, -0.05) is 12.1 Å². The minimum Gasteiger partial charge on any atom is -0.463 e. The molecule has 1 atom stereocenters. The summed E-state index contributed by atoms with van der Waals surface area (Å²) in [7, 11) is 1.53. The predicted octanol–water partition coefficient (Wildman–Crippen LogP) is 1.45. The molecule has 0 saturated heterocycles. The summed E-state index contributed by atoms with van der Waals surface area (Å²) in [6.45, 7) is 8.72. The van der Waals surface area contributed by atoms with Crippen LogP contribution in [0.25, 0.3) is 0 Å². The van der Waals surface area contributed by atoms with Gasteiger partial charge < -0.3 is 29.0 Å². The lowest BCUT2D eigenvalue weighted by atomic mass is 9.83. The van der Waals surface area contributed by atoms with E-state index in [1.807, 2.05) is 0 Å². The van der Waals surface area contributed by atoms with Gasteiger partial charge in [0.25, 0.3) is 6.43 Å². The number of hydrogen-bond acceptors (Lipinski definition) is 10. The van der Waals surface area contributed by atoms with E-state index in [1.54, 1.807) is 27.0 Å². The molecule has 0 aromatic carbocycles. The molecule has 224 valence electrons. The highest BCUT2D eigenvalue weighted by molar-refractivity contribution is 5.81. The number of alkyl halides is 2. The molecule has 1 N–H and O–H groups in total. The highest BCUT2D eigenvalue weighted by Gasteiger charge is 2.33. The van der Waals surface area contributed by atoms with Crippen LogP contribution in [0.4, 0.5) is 8.78 Å². The standard InChI is InChI=1S/C25H42F2N4O8/c1-19(17-25(2,3)24(34)39-16-11-35-4)23(33)28-7-9-36-12-14-38-15-13-37-10-8-31-18-20(29-30-31)5-6-21(32)22(26)27/h18-19,22H,5-17H2,1-4H3,(H,28,33). The van der Waals surface area contributed by atoms with Gasteiger partial charge in [0, 0.05) is 38.6 Å². The molecule has 1 aromatic heterocycles. The average Bonchev–Trinajstić information content (AvgIpc) is 3.35. The Labute approximate surface area is 228 Å². The number of esters is 1. The summed E-state index contributed by atoms with van der Waals surface area (Å²) in [6.07, 6.45) is -1.15. The minimum atomic E-state index is -2.96. The number of methoxy groups -OCH3 is 1. The Bertz CT molecular complexity index is 854. The van der Waals surface area contributed by atoms with Crippen LogP contribution in [0.3, 0.4) is 0 Å². The lowest BCUT2D eigenvalue weighted by molar-refractivity contribution is -0.156. The quantitative estimate of drug-likeness (QED) is 0.153. The van der Waals surface area contributed by atoms with Crippen LogP contribution in [0.5, 0.6) is 0 Å². The van der Waals surface area contributed by atoms with Crippen molar-refractivity contribution in [3.05, 3.63) is 11.9 Å². The van der Waals surface area contributed by atoms with Gasteiger partial charge in [-0.3, -0.25) is 14.4 Å². The summed E-state index contributed by atoms with van der Waals surface area (Å²) in [5, 5.41) is 10.5. The van der Waals surface area contributed by atoms with Crippen LogP contribution in [0.1, 0.15) is 39.3 Å². The smallest absolute Gasteiger partial charge is 0.311 e. The van der Waals surface area contributed by atoms with E-state index < -0.39 is 17.6 Å². The van der Waals surface area contributed by atoms with Crippen LogP contribution in [0.2, 0.25) is 0 Å². The van der Waals surface area contributed by atoms with Crippen molar-refractivity contribution in [3.63, 3.8) is 0 Å². The van der Waals surface area contributed by atoms with Crippen molar-refractivity contribution in [3.8, 4) is 0 Å². The molecule has 0 aliphatic heterocycles. The van der Waals surface area contributed by atoms with Crippen molar-refractivity contribution < 1.29 is 46.8 Å². The second-order valence-corrected chi connectivity index (χ2v) is 9.49. The lowest BCUT2D eigenvalue weighted by Crippen LogP contribution is -2.37. The van der Waals surface area contributed by atoms with Crippen LogP contribution in [-0.2, 0) is 51.0 Å².